The number of hydrogen-bond acceptors (Lipinski definition) is 4. The summed E-state index contributed by atoms with van der Waals surface area (Å²) in [7, 11) is -3.52. The van der Waals surface area contributed by atoms with Crippen LogP contribution in [0.25, 0.3) is 0 Å². The average Bonchev–Trinajstić information content (AvgIpc) is 3.24. The molecule has 1 aliphatic heterocycles. The Morgan fingerprint density at radius 1 is 1.17 bits per heavy atom. The third-order valence-corrected chi connectivity index (χ3v) is 8.73. The zero-order chi connectivity index (χ0) is 21.9. The van der Waals surface area contributed by atoms with E-state index in [1.807, 2.05) is 31.4 Å². The number of piperidine rings is 1. The van der Waals surface area contributed by atoms with E-state index in [1.54, 1.807) is 23.5 Å². The number of hydrogen-bond donors (Lipinski definition) is 1. The second-order valence-electron chi connectivity index (χ2n) is 8.63. The molecule has 164 valence electrons. The van der Waals surface area contributed by atoms with Crippen molar-refractivity contribution in [3.8, 4) is 0 Å². The maximum atomic E-state index is 13.0. The third kappa shape index (κ3) is 5.31. The molecule has 0 bridgehead atoms. The summed E-state index contributed by atoms with van der Waals surface area (Å²) >= 11 is 1.66. The molecular weight excluding hydrogens is 416 g/mol. The van der Waals surface area contributed by atoms with Crippen LogP contribution in [0.1, 0.15) is 55.2 Å². The van der Waals surface area contributed by atoms with Crippen molar-refractivity contribution in [2.24, 2.45) is 11.8 Å². The molecule has 5 nitrogen and oxygen atoms in total. The molecule has 1 N–H and O–H groups in total. The van der Waals surface area contributed by atoms with Gasteiger partial charge in [-0.05, 0) is 73.7 Å². The van der Waals surface area contributed by atoms with Crippen molar-refractivity contribution < 1.29 is 13.2 Å². The summed E-state index contributed by atoms with van der Waals surface area (Å²) < 4.78 is 27.5. The van der Waals surface area contributed by atoms with Crippen LogP contribution < -0.4 is 5.32 Å². The second kappa shape index (κ2) is 9.62. The quantitative estimate of drug-likeness (QED) is 0.669. The SMILES string of the molecule is Cc1ccc(S(=O)(=O)N2CCC(C(=O)NC(CC(C)C)c3cccs3)CC2)cc1C. The molecule has 3 rings (SSSR count). The van der Waals surface area contributed by atoms with Gasteiger partial charge in [-0.2, -0.15) is 4.31 Å². The van der Waals surface area contributed by atoms with Crippen LogP contribution in [0.3, 0.4) is 0 Å². The lowest BCUT2D eigenvalue weighted by molar-refractivity contribution is -0.127. The Balaban J connectivity index is 1.62. The number of thiophene rings is 1. The van der Waals surface area contributed by atoms with Crippen molar-refractivity contribution >= 4 is 27.3 Å². The zero-order valence-corrected chi connectivity index (χ0v) is 19.9. The number of aryl methyl sites for hydroxylation is 2. The molecule has 0 spiro atoms. The molecule has 7 heteroatoms. The van der Waals surface area contributed by atoms with Gasteiger partial charge < -0.3 is 5.32 Å². The topological polar surface area (TPSA) is 66.5 Å². The normalized spacial score (nSPS) is 17.2. The maximum Gasteiger partial charge on any atom is 0.243 e. The van der Waals surface area contributed by atoms with Crippen molar-refractivity contribution in [1.82, 2.24) is 9.62 Å². The van der Waals surface area contributed by atoms with Gasteiger partial charge in [0.2, 0.25) is 15.9 Å². The molecule has 0 radical (unpaired) electrons. The van der Waals surface area contributed by atoms with Crippen LogP contribution in [0, 0.1) is 25.7 Å². The number of sulfonamides is 1. The van der Waals surface area contributed by atoms with Gasteiger partial charge in [0, 0.05) is 23.9 Å². The molecule has 1 aromatic heterocycles. The minimum absolute atomic E-state index is 0.0230. The maximum absolute atomic E-state index is 13.0. The number of benzene rings is 1. The van der Waals surface area contributed by atoms with E-state index in [2.05, 4.69) is 25.2 Å². The third-order valence-electron chi connectivity index (χ3n) is 5.85. The summed E-state index contributed by atoms with van der Waals surface area (Å²) in [5.74, 6) is 0.366. The largest absolute Gasteiger partial charge is 0.348 e. The van der Waals surface area contributed by atoms with Gasteiger partial charge in [0.05, 0.1) is 10.9 Å². The molecule has 1 fully saturated rings. The highest BCUT2D eigenvalue weighted by Crippen LogP contribution is 2.28. The van der Waals surface area contributed by atoms with Crippen LogP contribution in [0.2, 0.25) is 0 Å². The molecular formula is C23H32N2O3S2. The van der Waals surface area contributed by atoms with E-state index < -0.39 is 10.0 Å². The second-order valence-corrected chi connectivity index (χ2v) is 11.5. The standard InChI is InChI=1S/C23H32N2O3S2/c1-16(2)14-21(22-6-5-13-29-22)24-23(26)19-9-11-25(12-10-19)30(27,28)20-8-7-17(3)18(4)15-20/h5-8,13,15-16,19,21H,9-12,14H2,1-4H3,(H,24,26). The fourth-order valence-electron chi connectivity index (χ4n) is 3.88. The predicted molar refractivity (Wildman–Crippen MR) is 122 cm³/mol. The number of amides is 1. The molecule has 0 aliphatic carbocycles. The van der Waals surface area contributed by atoms with Gasteiger partial charge in [-0.1, -0.05) is 26.0 Å². The Bertz CT molecular complexity index is 960. The van der Waals surface area contributed by atoms with E-state index >= 15 is 0 Å². The average molecular weight is 449 g/mol. The van der Waals surface area contributed by atoms with E-state index in [0.717, 1.165) is 17.5 Å². The lowest BCUT2D eigenvalue weighted by atomic mass is 9.95. The van der Waals surface area contributed by atoms with Crippen LogP contribution >= 0.6 is 11.3 Å². The highest BCUT2D eigenvalue weighted by Gasteiger charge is 2.33. The Morgan fingerprint density at radius 3 is 2.43 bits per heavy atom. The molecule has 1 saturated heterocycles. The lowest BCUT2D eigenvalue weighted by Gasteiger charge is -2.31. The fraction of sp³-hybridized carbons (Fsp3) is 0.522. The molecule has 1 atom stereocenters. The molecule has 30 heavy (non-hydrogen) atoms. The lowest BCUT2D eigenvalue weighted by Crippen LogP contribution is -2.43. The van der Waals surface area contributed by atoms with E-state index in [-0.39, 0.29) is 17.9 Å². The van der Waals surface area contributed by atoms with E-state index in [4.69, 9.17) is 0 Å². The first-order valence-corrected chi connectivity index (χ1v) is 12.9. The van der Waals surface area contributed by atoms with Crippen molar-refractivity contribution in [3.63, 3.8) is 0 Å². The van der Waals surface area contributed by atoms with Gasteiger partial charge in [-0.3, -0.25) is 4.79 Å². The van der Waals surface area contributed by atoms with Gasteiger partial charge in [-0.15, -0.1) is 11.3 Å². The van der Waals surface area contributed by atoms with Crippen molar-refractivity contribution in [3.05, 3.63) is 51.7 Å². The van der Waals surface area contributed by atoms with Gasteiger partial charge in [-0.25, -0.2) is 8.42 Å². The number of nitrogens with zero attached hydrogens (tertiary/aromatic N) is 1. The Labute approximate surface area is 184 Å². The minimum Gasteiger partial charge on any atom is -0.348 e. The summed E-state index contributed by atoms with van der Waals surface area (Å²) in [6, 6.07) is 9.36. The number of carbonyl (C=O) groups excluding carboxylic acids is 1. The Kier molecular flexibility index (Phi) is 7.37. The van der Waals surface area contributed by atoms with Crippen molar-refractivity contribution in [2.45, 2.75) is 57.9 Å². The summed E-state index contributed by atoms with van der Waals surface area (Å²) in [6.07, 6.45) is 2.00. The van der Waals surface area contributed by atoms with E-state index in [0.29, 0.717) is 36.7 Å². The van der Waals surface area contributed by atoms with Crippen molar-refractivity contribution in [2.75, 3.05) is 13.1 Å². The molecule has 1 aliphatic rings. The molecule has 1 unspecified atom stereocenters. The number of rotatable bonds is 7. The van der Waals surface area contributed by atoms with Gasteiger partial charge in [0.15, 0.2) is 0 Å². The van der Waals surface area contributed by atoms with Gasteiger partial charge in [0.25, 0.3) is 0 Å². The highest BCUT2D eigenvalue weighted by molar-refractivity contribution is 7.89. The molecule has 1 aromatic carbocycles. The smallest absolute Gasteiger partial charge is 0.243 e. The molecule has 0 saturated carbocycles. The molecule has 2 aromatic rings. The summed E-state index contributed by atoms with van der Waals surface area (Å²) in [5, 5.41) is 5.26. The fourth-order valence-corrected chi connectivity index (χ4v) is 6.22. The minimum atomic E-state index is -3.52. The van der Waals surface area contributed by atoms with Crippen LogP contribution in [0.5, 0.6) is 0 Å². The molecule has 1 amide bonds. The van der Waals surface area contributed by atoms with Crippen LogP contribution in [0.4, 0.5) is 0 Å². The first-order chi connectivity index (χ1) is 14.2. The summed E-state index contributed by atoms with van der Waals surface area (Å²) in [5.41, 5.74) is 2.04. The monoisotopic (exact) mass is 448 g/mol. The van der Waals surface area contributed by atoms with Crippen LogP contribution in [0.15, 0.2) is 40.6 Å². The first-order valence-electron chi connectivity index (χ1n) is 10.6. The zero-order valence-electron chi connectivity index (χ0n) is 18.2. The van der Waals surface area contributed by atoms with Gasteiger partial charge >= 0.3 is 0 Å². The molecule has 2 heterocycles. The highest BCUT2D eigenvalue weighted by atomic mass is 32.2. The summed E-state index contributed by atoms with van der Waals surface area (Å²) in [4.78, 5) is 14.4. The van der Waals surface area contributed by atoms with Crippen LogP contribution in [-0.2, 0) is 14.8 Å². The number of nitrogens with one attached hydrogen (secondary N) is 1. The first kappa shape index (κ1) is 23.0. The van der Waals surface area contributed by atoms with Crippen molar-refractivity contribution in [1.29, 1.82) is 0 Å². The van der Waals surface area contributed by atoms with Gasteiger partial charge in [0.1, 0.15) is 0 Å². The summed E-state index contributed by atoms with van der Waals surface area (Å²) in [6.45, 7) is 8.96. The Morgan fingerprint density at radius 2 is 1.87 bits per heavy atom. The predicted octanol–water partition coefficient (Wildman–Crippen LogP) is 4.67. The number of carbonyl (C=O) groups is 1. The van der Waals surface area contributed by atoms with E-state index in [1.165, 1.54) is 9.18 Å². The Hall–Kier alpha value is -1.70. The van der Waals surface area contributed by atoms with E-state index in [9.17, 15) is 13.2 Å². The van der Waals surface area contributed by atoms with Crippen LogP contribution in [-0.4, -0.2) is 31.7 Å².